The highest BCUT2D eigenvalue weighted by molar-refractivity contribution is 7.82. The number of anilines is 1. The van der Waals surface area contributed by atoms with E-state index >= 15 is 0 Å². The van der Waals surface area contributed by atoms with E-state index in [4.69, 9.17) is 0 Å². The van der Waals surface area contributed by atoms with Crippen molar-refractivity contribution in [3.8, 4) is 0 Å². The monoisotopic (exact) mass is 456 g/mol. The Kier molecular flexibility index (Phi) is 7.58. The molecule has 0 aliphatic carbocycles. The quantitative estimate of drug-likeness (QED) is 0.362. The Morgan fingerprint density at radius 2 is 1.45 bits per heavy atom. The van der Waals surface area contributed by atoms with Gasteiger partial charge in [-0.25, -0.2) is 8.51 Å². The number of nitrogens with one attached hydrogen (secondary N) is 2. The number of pyridine rings is 1. The number of nitrogens with zero attached hydrogens (tertiary/aromatic N) is 2. The number of carbonyl (C=O) groups excluding carboxylic acids is 1. The summed E-state index contributed by atoms with van der Waals surface area (Å²) in [6.07, 6.45) is 1.73. The first-order valence-electron chi connectivity index (χ1n) is 10.5. The summed E-state index contributed by atoms with van der Waals surface area (Å²) >= 11 is 0. The summed E-state index contributed by atoms with van der Waals surface area (Å²) in [7, 11) is -1.36. The maximum Gasteiger partial charge on any atom is 0.269 e. The third-order valence-electron chi connectivity index (χ3n) is 4.91. The van der Waals surface area contributed by atoms with Crippen LogP contribution in [-0.2, 0) is 24.1 Å². The van der Waals surface area contributed by atoms with Gasteiger partial charge >= 0.3 is 0 Å². The third-order valence-corrected chi connectivity index (χ3v) is 6.32. The molecule has 1 unspecified atom stereocenters. The molecule has 7 heteroatoms. The van der Waals surface area contributed by atoms with Crippen LogP contribution in [-0.4, -0.2) is 19.4 Å². The van der Waals surface area contributed by atoms with Gasteiger partial charge in [-0.05, 0) is 54.1 Å². The number of benzene rings is 3. The van der Waals surface area contributed by atoms with Gasteiger partial charge in [0.25, 0.3) is 5.91 Å². The average molecular weight is 457 g/mol. The van der Waals surface area contributed by atoms with Crippen molar-refractivity contribution in [2.75, 3.05) is 5.43 Å². The fourth-order valence-corrected chi connectivity index (χ4v) is 4.42. The van der Waals surface area contributed by atoms with Gasteiger partial charge in [0.05, 0.1) is 22.8 Å². The van der Waals surface area contributed by atoms with Crippen molar-refractivity contribution in [3.05, 3.63) is 126 Å². The lowest BCUT2D eigenvalue weighted by Gasteiger charge is -2.21. The summed E-state index contributed by atoms with van der Waals surface area (Å²) in [6.45, 7) is 0.883. The van der Waals surface area contributed by atoms with E-state index in [1.54, 1.807) is 18.3 Å². The molecule has 0 saturated heterocycles. The number of carbonyl (C=O) groups is 1. The Hall–Kier alpha value is -3.81. The van der Waals surface area contributed by atoms with Crippen LogP contribution in [0.3, 0.4) is 0 Å². The van der Waals surface area contributed by atoms with Crippen LogP contribution in [0.4, 0.5) is 5.69 Å². The first kappa shape index (κ1) is 22.4. The third kappa shape index (κ3) is 6.35. The van der Waals surface area contributed by atoms with Crippen LogP contribution in [0.2, 0.25) is 0 Å². The molecule has 0 fully saturated rings. The highest BCUT2D eigenvalue weighted by atomic mass is 32.2. The first-order valence-corrected chi connectivity index (χ1v) is 11.6. The van der Waals surface area contributed by atoms with Crippen molar-refractivity contribution in [2.24, 2.45) is 0 Å². The molecule has 1 amide bonds. The number of amides is 1. The van der Waals surface area contributed by atoms with E-state index in [1.165, 1.54) is 0 Å². The molecule has 1 aromatic heterocycles. The molecule has 6 nitrogen and oxygen atoms in total. The number of hydrogen-bond acceptors (Lipinski definition) is 4. The second-order valence-corrected chi connectivity index (χ2v) is 8.81. The molecule has 33 heavy (non-hydrogen) atoms. The highest BCUT2D eigenvalue weighted by Gasteiger charge is 2.17. The number of rotatable bonds is 9. The number of aromatic nitrogens is 1. The zero-order valence-electron chi connectivity index (χ0n) is 17.9. The van der Waals surface area contributed by atoms with E-state index in [0.29, 0.717) is 18.7 Å². The van der Waals surface area contributed by atoms with E-state index in [9.17, 15) is 9.00 Å². The van der Waals surface area contributed by atoms with Crippen molar-refractivity contribution in [1.82, 2.24) is 14.7 Å². The maximum atomic E-state index is 13.3. The van der Waals surface area contributed by atoms with Crippen molar-refractivity contribution in [3.63, 3.8) is 0 Å². The van der Waals surface area contributed by atoms with Gasteiger partial charge < -0.3 is 0 Å². The molecule has 1 atom stereocenters. The van der Waals surface area contributed by atoms with Crippen molar-refractivity contribution in [2.45, 2.75) is 18.0 Å². The summed E-state index contributed by atoms with van der Waals surface area (Å²) in [5.41, 5.74) is 8.70. The molecular formula is C26H24N4O2S. The molecule has 2 N–H and O–H groups in total. The minimum atomic E-state index is -1.36. The molecule has 166 valence electrons. The Bertz CT molecular complexity index is 1190. The molecule has 4 rings (SSSR count). The molecule has 1 heterocycles. The molecule has 0 radical (unpaired) electrons. The van der Waals surface area contributed by atoms with E-state index in [0.717, 1.165) is 21.8 Å². The second-order valence-electron chi connectivity index (χ2n) is 7.32. The van der Waals surface area contributed by atoms with Gasteiger partial charge in [-0.2, -0.15) is 0 Å². The zero-order valence-corrected chi connectivity index (χ0v) is 18.7. The molecule has 0 saturated carbocycles. The van der Waals surface area contributed by atoms with Crippen LogP contribution < -0.4 is 10.9 Å². The van der Waals surface area contributed by atoms with Crippen LogP contribution in [0.15, 0.2) is 114 Å². The Labute approximate surface area is 195 Å². The minimum absolute atomic E-state index is 0.233. The largest absolute Gasteiger partial charge is 0.298 e. The standard InChI is InChI=1S/C26H24N4O2S/c31-26(29-28-23-9-3-1-4-10-23)22-16-14-21(15-17-22)19-30(20-24-11-7-8-18-27-24)33(32)25-12-5-2-6-13-25/h1-18,28H,19-20H2,(H,29,31). The van der Waals surface area contributed by atoms with Crippen LogP contribution in [0.5, 0.6) is 0 Å². The average Bonchev–Trinajstić information content (AvgIpc) is 2.88. The topological polar surface area (TPSA) is 74.3 Å². The lowest BCUT2D eigenvalue weighted by atomic mass is 10.1. The summed E-state index contributed by atoms with van der Waals surface area (Å²) in [5, 5.41) is 0. The van der Waals surface area contributed by atoms with Crippen molar-refractivity contribution < 1.29 is 9.00 Å². The maximum absolute atomic E-state index is 13.3. The lowest BCUT2D eigenvalue weighted by molar-refractivity contribution is 0.0962. The molecule has 3 aromatic carbocycles. The van der Waals surface area contributed by atoms with Gasteiger partial charge in [-0.15, -0.1) is 0 Å². The smallest absolute Gasteiger partial charge is 0.269 e. The molecule has 0 aliphatic rings. The van der Waals surface area contributed by atoms with E-state index < -0.39 is 11.0 Å². The molecule has 4 aromatic rings. The van der Waals surface area contributed by atoms with Crippen molar-refractivity contribution in [1.29, 1.82) is 0 Å². The Morgan fingerprint density at radius 3 is 2.12 bits per heavy atom. The van der Waals surface area contributed by atoms with Gasteiger partial charge in [0.15, 0.2) is 0 Å². The fraction of sp³-hybridized carbons (Fsp3) is 0.0769. The molecule has 0 spiro atoms. The van der Waals surface area contributed by atoms with E-state index in [2.05, 4.69) is 15.8 Å². The van der Waals surface area contributed by atoms with Crippen LogP contribution in [0, 0.1) is 0 Å². The fourth-order valence-electron chi connectivity index (χ4n) is 3.22. The van der Waals surface area contributed by atoms with Gasteiger partial charge in [0.1, 0.15) is 11.0 Å². The van der Waals surface area contributed by atoms with Gasteiger partial charge in [0, 0.05) is 18.3 Å². The van der Waals surface area contributed by atoms with Crippen LogP contribution in [0.1, 0.15) is 21.6 Å². The lowest BCUT2D eigenvalue weighted by Crippen LogP contribution is -2.29. The second kappa shape index (κ2) is 11.2. The number of hydrazine groups is 1. The minimum Gasteiger partial charge on any atom is -0.298 e. The number of hydrogen-bond donors (Lipinski definition) is 2. The summed E-state index contributed by atoms with van der Waals surface area (Å²) in [5.74, 6) is -0.233. The van der Waals surface area contributed by atoms with E-state index in [-0.39, 0.29) is 5.91 Å². The Balaban J connectivity index is 1.45. The summed E-state index contributed by atoms with van der Waals surface area (Å²) < 4.78 is 15.2. The normalized spacial score (nSPS) is 11.7. The first-order chi connectivity index (χ1) is 16.2. The van der Waals surface area contributed by atoms with Gasteiger partial charge in [-0.3, -0.25) is 20.6 Å². The summed E-state index contributed by atoms with van der Waals surface area (Å²) in [4.78, 5) is 17.6. The SMILES string of the molecule is O=C(NNc1ccccc1)c1ccc(CN(Cc2ccccn2)S(=O)c2ccccc2)cc1. The number of para-hydroxylation sites is 1. The zero-order chi connectivity index (χ0) is 22.9. The van der Waals surface area contributed by atoms with Crippen LogP contribution >= 0.6 is 0 Å². The van der Waals surface area contributed by atoms with E-state index in [1.807, 2.05) is 95.3 Å². The summed E-state index contributed by atoms with van der Waals surface area (Å²) in [6, 6.07) is 31.8. The molecule has 0 aliphatic heterocycles. The predicted molar refractivity (Wildman–Crippen MR) is 130 cm³/mol. The Morgan fingerprint density at radius 1 is 0.788 bits per heavy atom. The van der Waals surface area contributed by atoms with Gasteiger partial charge in [-0.1, -0.05) is 54.6 Å². The molecule has 0 bridgehead atoms. The highest BCUT2D eigenvalue weighted by Crippen LogP contribution is 2.17. The van der Waals surface area contributed by atoms with Crippen LogP contribution in [0.25, 0.3) is 0 Å². The van der Waals surface area contributed by atoms with Gasteiger partial charge in [0.2, 0.25) is 0 Å². The van der Waals surface area contributed by atoms with Crippen molar-refractivity contribution >= 4 is 22.6 Å². The predicted octanol–water partition coefficient (Wildman–Crippen LogP) is 4.56. The molecular weight excluding hydrogens is 432 g/mol.